The number of ketones is 1. The van der Waals surface area contributed by atoms with E-state index < -0.39 is 12.2 Å². The summed E-state index contributed by atoms with van der Waals surface area (Å²) in [6, 6.07) is 3.21. The summed E-state index contributed by atoms with van der Waals surface area (Å²) in [6.45, 7) is 1.44. The Hall–Kier alpha value is -3.86. The third-order valence-electron chi connectivity index (χ3n) is 7.26. The van der Waals surface area contributed by atoms with E-state index in [4.69, 9.17) is 26.8 Å². The summed E-state index contributed by atoms with van der Waals surface area (Å²) >= 11 is 6.41. The van der Waals surface area contributed by atoms with E-state index in [0.717, 1.165) is 12.0 Å². The van der Waals surface area contributed by atoms with Crippen molar-refractivity contribution in [1.82, 2.24) is 15.3 Å². The molecule has 38 heavy (non-hydrogen) atoms. The van der Waals surface area contributed by atoms with Crippen LogP contribution in [0.2, 0.25) is 5.02 Å². The number of rotatable bonds is 7. The van der Waals surface area contributed by atoms with Crippen LogP contribution in [0.3, 0.4) is 0 Å². The zero-order chi connectivity index (χ0) is 27.0. The number of carbonyl (C=O) groups is 3. The molecule has 0 aliphatic heterocycles. The van der Waals surface area contributed by atoms with Crippen LogP contribution in [0, 0.1) is 11.8 Å². The van der Waals surface area contributed by atoms with Gasteiger partial charge in [0.05, 0.1) is 30.6 Å². The van der Waals surface area contributed by atoms with E-state index in [1.54, 1.807) is 0 Å². The summed E-state index contributed by atoms with van der Waals surface area (Å²) in [6.07, 6.45) is 6.64. The molecule has 1 heterocycles. The molecular formula is C26H29ClN6O5. The molecule has 200 valence electrons. The standard InChI is InChI=1S/C26H29ClN6O5/c1-12(34)30-16-7-5-13-6-8-18(23(37-2)20(13)19(35)10-16)31-26-29-11-17(27)24(33-26)32-21-14-3-4-15(9-14)22(21)38-25(28)36/h3-4,6,8,11,14-16,21-22H,5,7,9-10H2,1-2H3,(H2,28,36)(H,30,34)(H2,29,31,32,33)/t14-,15+,16-,21+,22-/m0/s1. The van der Waals surface area contributed by atoms with Crippen LogP contribution in [0.15, 0.2) is 30.5 Å². The number of hydrogen-bond acceptors (Lipinski definition) is 9. The molecular weight excluding hydrogens is 512 g/mol. The summed E-state index contributed by atoms with van der Waals surface area (Å²) in [5, 5.41) is 9.60. The number of amides is 2. The Morgan fingerprint density at radius 2 is 2.00 bits per heavy atom. The number of primary amides is 1. The number of Topliss-reactive ketones (excluding diaryl/α,β-unsaturated/α-hetero) is 1. The van der Waals surface area contributed by atoms with E-state index in [-0.39, 0.29) is 48.0 Å². The second kappa shape index (κ2) is 10.5. The van der Waals surface area contributed by atoms with Gasteiger partial charge in [-0.1, -0.05) is 29.8 Å². The maximum Gasteiger partial charge on any atom is 0.404 e. The Labute approximate surface area is 224 Å². The van der Waals surface area contributed by atoms with Crippen LogP contribution < -0.4 is 26.4 Å². The topological polar surface area (TPSA) is 158 Å². The van der Waals surface area contributed by atoms with Gasteiger partial charge < -0.3 is 31.2 Å². The maximum absolute atomic E-state index is 13.2. The van der Waals surface area contributed by atoms with Gasteiger partial charge in [-0.25, -0.2) is 9.78 Å². The van der Waals surface area contributed by atoms with Crippen molar-refractivity contribution in [2.45, 2.75) is 50.8 Å². The van der Waals surface area contributed by atoms with Crippen LogP contribution in [-0.2, 0) is 16.0 Å². The number of fused-ring (bicyclic) bond motifs is 3. The lowest BCUT2D eigenvalue weighted by atomic mass is 9.98. The van der Waals surface area contributed by atoms with Crippen LogP contribution >= 0.6 is 11.6 Å². The van der Waals surface area contributed by atoms with Gasteiger partial charge in [0.25, 0.3) is 0 Å². The number of methoxy groups -OCH3 is 1. The number of benzene rings is 1. The van der Waals surface area contributed by atoms with Crippen molar-refractivity contribution in [2.24, 2.45) is 17.6 Å². The van der Waals surface area contributed by atoms with Crippen LogP contribution in [0.5, 0.6) is 5.75 Å². The number of aryl methyl sites for hydroxylation is 1. The molecule has 5 N–H and O–H groups in total. The highest BCUT2D eigenvalue weighted by Gasteiger charge is 2.47. The molecule has 12 heteroatoms. The van der Waals surface area contributed by atoms with Crippen LogP contribution in [0.4, 0.5) is 22.2 Å². The first-order valence-corrected chi connectivity index (χ1v) is 12.8. The highest BCUT2D eigenvalue weighted by Crippen LogP contribution is 2.43. The zero-order valence-electron chi connectivity index (χ0n) is 21.0. The molecule has 2 bridgehead atoms. The van der Waals surface area contributed by atoms with E-state index in [2.05, 4.69) is 32.0 Å². The van der Waals surface area contributed by atoms with Gasteiger partial charge in [-0.15, -0.1) is 0 Å². The van der Waals surface area contributed by atoms with Gasteiger partial charge >= 0.3 is 6.09 Å². The molecule has 1 fully saturated rings. The number of aromatic nitrogens is 2. The maximum atomic E-state index is 13.2. The number of anilines is 3. The molecule has 5 rings (SSSR count). The Morgan fingerprint density at radius 1 is 1.21 bits per heavy atom. The van der Waals surface area contributed by atoms with Gasteiger partial charge in [0.1, 0.15) is 11.1 Å². The molecule has 0 unspecified atom stereocenters. The van der Waals surface area contributed by atoms with Gasteiger partial charge in [0.15, 0.2) is 17.4 Å². The first kappa shape index (κ1) is 25.8. The fourth-order valence-corrected chi connectivity index (χ4v) is 5.83. The number of ether oxygens (including phenoxy) is 2. The molecule has 0 saturated heterocycles. The monoisotopic (exact) mass is 540 g/mol. The minimum Gasteiger partial charge on any atom is -0.494 e. The van der Waals surface area contributed by atoms with Crippen LogP contribution in [-0.4, -0.2) is 53.0 Å². The molecule has 3 aliphatic rings. The first-order chi connectivity index (χ1) is 18.2. The highest BCUT2D eigenvalue weighted by molar-refractivity contribution is 6.32. The predicted octanol–water partition coefficient (Wildman–Crippen LogP) is 3.36. The molecule has 2 aromatic rings. The molecule has 0 spiro atoms. The minimum absolute atomic E-state index is 0.0785. The van der Waals surface area contributed by atoms with Crippen LogP contribution in [0.25, 0.3) is 0 Å². The summed E-state index contributed by atoms with van der Waals surface area (Å²) < 4.78 is 11.0. The molecule has 1 saturated carbocycles. The summed E-state index contributed by atoms with van der Waals surface area (Å²) in [5.41, 5.74) is 7.15. The van der Waals surface area contributed by atoms with E-state index in [1.807, 2.05) is 18.2 Å². The molecule has 5 atom stereocenters. The van der Waals surface area contributed by atoms with Crippen molar-refractivity contribution in [3.05, 3.63) is 46.6 Å². The molecule has 0 radical (unpaired) electrons. The lowest BCUT2D eigenvalue weighted by Crippen LogP contribution is -2.41. The van der Waals surface area contributed by atoms with Gasteiger partial charge in [0, 0.05) is 31.2 Å². The number of nitrogens with zero attached hydrogens (tertiary/aromatic N) is 2. The second-order valence-electron chi connectivity index (χ2n) is 9.78. The second-order valence-corrected chi connectivity index (χ2v) is 10.2. The number of halogens is 1. The largest absolute Gasteiger partial charge is 0.494 e. The number of nitrogens with two attached hydrogens (primary N) is 1. The lowest BCUT2D eigenvalue weighted by Gasteiger charge is -2.28. The quantitative estimate of drug-likeness (QED) is 0.305. The van der Waals surface area contributed by atoms with Crippen molar-refractivity contribution in [1.29, 1.82) is 0 Å². The van der Waals surface area contributed by atoms with Gasteiger partial charge in [-0.05, 0) is 30.9 Å². The number of nitrogens with one attached hydrogen (secondary N) is 3. The molecule has 3 aliphatic carbocycles. The third-order valence-corrected chi connectivity index (χ3v) is 7.54. The average molecular weight is 541 g/mol. The molecule has 11 nitrogen and oxygen atoms in total. The third kappa shape index (κ3) is 5.10. The SMILES string of the molecule is COc1c(Nc2ncc(Cl)c(N[C@H]3[C@@H](OC(N)=O)[C@@H]4C=C[C@H]3C4)n2)ccc2c1C(=O)C[C@@H](NC(C)=O)CC2. The Morgan fingerprint density at radius 3 is 2.74 bits per heavy atom. The highest BCUT2D eigenvalue weighted by atomic mass is 35.5. The van der Waals surface area contributed by atoms with Gasteiger partial charge in [0.2, 0.25) is 11.9 Å². The fraction of sp³-hybridized carbons (Fsp3) is 0.423. The molecule has 2 amide bonds. The Kier molecular flexibility index (Phi) is 7.11. The molecule has 1 aromatic carbocycles. The lowest BCUT2D eigenvalue weighted by molar-refractivity contribution is -0.119. The Bertz CT molecular complexity index is 1320. The van der Waals surface area contributed by atoms with Gasteiger partial charge in [-0.3, -0.25) is 9.59 Å². The van der Waals surface area contributed by atoms with Crippen LogP contribution in [0.1, 0.15) is 42.1 Å². The van der Waals surface area contributed by atoms with E-state index in [9.17, 15) is 14.4 Å². The van der Waals surface area contributed by atoms with Crippen molar-refractivity contribution in [2.75, 3.05) is 17.7 Å². The van der Waals surface area contributed by atoms with Crippen molar-refractivity contribution in [3.8, 4) is 5.75 Å². The fourth-order valence-electron chi connectivity index (χ4n) is 5.68. The van der Waals surface area contributed by atoms with E-state index >= 15 is 0 Å². The Balaban J connectivity index is 1.39. The number of carbonyl (C=O) groups excluding carboxylic acids is 3. The predicted molar refractivity (Wildman–Crippen MR) is 141 cm³/mol. The summed E-state index contributed by atoms with van der Waals surface area (Å²) in [7, 11) is 1.50. The first-order valence-electron chi connectivity index (χ1n) is 12.4. The zero-order valence-corrected chi connectivity index (χ0v) is 21.7. The van der Waals surface area contributed by atoms with Crippen molar-refractivity contribution >= 4 is 46.8 Å². The smallest absolute Gasteiger partial charge is 0.404 e. The summed E-state index contributed by atoms with van der Waals surface area (Å²) in [5.74, 6) is 0.938. The molecule has 1 aromatic heterocycles. The average Bonchev–Trinajstić information content (AvgIpc) is 3.42. The normalized spacial score (nSPS) is 25.3. The minimum atomic E-state index is -0.827. The number of hydrogen-bond donors (Lipinski definition) is 4. The van der Waals surface area contributed by atoms with E-state index in [1.165, 1.54) is 20.2 Å². The van der Waals surface area contributed by atoms with Crippen molar-refractivity contribution < 1.29 is 23.9 Å². The van der Waals surface area contributed by atoms with Crippen molar-refractivity contribution in [3.63, 3.8) is 0 Å². The summed E-state index contributed by atoms with van der Waals surface area (Å²) in [4.78, 5) is 45.0. The van der Waals surface area contributed by atoms with E-state index in [0.29, 0.717) is 40.7 Å². The van der Waals surface area contributed by atoms with Gasteiger partial charge in [-0.2, -0.15) is 4.98 Å².